The molecule has 2 nitrogen and oxygen atoms in total. The Kier molecular flexibility index (Phi) is 6.25. The summed E-state index contributed by atoms with van der Waals surface area (Å²) in [6, 6.07) is 10.3. The summed E-state index contributed by atoms with van der Waals surface area (Å²) in [6.07, 6.45) is 3.76. The molecule has 0 radical (unpaired) electrons. The monoisotopic (exact) mass is 288 g/mol. The molecule has 1 aromatic carbocycles. The number of hydrogen-bond donors (Lipinski definition) is 1. The van der Waals surface area contributed by atoms with Gasteiger partial charge in [-0.1, -0.05) is 43.7 Å². The fraction of sp³-hybridized carbons (Fsp3) is 0.684. The van der Waals surface area contributed by atoms with E-state index in [0.717, 1.165) is 18.5 Å². The lowest BCUT2D eigenvalue weighted by Crippen LogP contribution is -2.32. The van der Waals surface area contributed by atoms with E-state index in [-0.39, 0.29) is 0 Å². The second-order valence-electron chi connectivity index (χ2n) is 6.89. The Labute approximate surface area is 130 Å². The summed E-state index contributed by atoms with van der Waals surface area (Å²) < 4.78 is 0. The van der Waals surface area contributed by atoms with Crippen LogP contribution in [0.1, 0.15) is 57.2 Å². The van der Waals surface area contributed by atoms with Crippen molar-refractivity contribution in [2.45, 2.75) is 59.0 Å². The molecule has 0 aliphatic carbocycles. The van der Waals surface area contributed by atoms with Crippen molar-refractivity contribution in [2.75, 3.05) is 19.6 Å². The molecule has 0 amide bonds. The van der Waals surface area contributed by atoms with Crippen LogP contribution in [0.15, 0.2) is 24.3 Å². The van der Waals surface area contributed by atoms with E-state index >= 15 is 0 Å². The molecule has 0 spiro atoms. The number of benzene rings is 1. The Balaban J connectivity index is 1.94. The Hall–Kier alpha value is -0.860. The van der Waals surface area contributed by atoms with Crippen LogP contribution in [0, 0.1) is 12.8 Å². The minimum absolute atomic E-state index is 0.494. The third-order valence-electron chi connectivity index (χ3n) is 4.74. The van der Waals surface area contributed by atoms with E-state index in [1.165, 1.54) is 43.5 Å². The first kappa shape index (κ1) is 16.5. The van der Waals surface area contributed by atoms with Gasteiger partial charge in [0.15, 0.2) is 0 Å². The van der Waals surface area contributed by atoms with E-state index in [0.29, 0.717) is 6.04 Å². The molecule has 2 rings (SSSR count). The lowest BCUT2D eigenvalue weighted by Gasteiger charge is -2.25. The molecule has 1 aliphatic rings. The van der Waals surface area contributed by atoms with Crippen molar-refractivity contribution in [3.63, 3.8) is 0 Å². The second-order valence-corrected chi connectivity index (χ2v) is 6.89. The molecule has 1 saturated heterocycles. The molecule has 3 atom stereocenters. The summed E-state index contributed by atoms with van der Waals surface area (Å²) in [5.74, 6) is 0.862. The Bertz CT molecular complexity index is 412. The Morgan fingerprint density at radius 3 is 2.52 bits per heavy atom. The summed E-state index contributed by atoms with van der Waals surface area (Å²) in [4.78, 5) is 2.67. The first-order valence-corrected chi connectivity index (χ1v) is 8.64. The SMILES string of the molecule is CCCNC(CCN1CC(C)CC1C)c1ccc(C)cc1. The Morgan fingerprint density at radius 1 is 1.24 bits per heavy atom. The minimum atomic E-state index is 0.494. The highest BCUT2D eigenvalue weighted by atomic mass is 15.2. The van der Waals surface area contributed by atoms with Gasteiger partial charge in [-0.2, -0.15) is 0 Å². The number of hydrogen-bond acceptors (Lipinski definition) is 2. The average molecular weight is 288 g/mol. The highest BCUT2D eigenvalue weighted by molar-refractivity contribution is 5.24. The van der Waals surface area contributed by atoms with E-state index in [1.807, 2.05) is 0 Å². The summed E-state index contributed by atoms with van der Waals surface area (Å²) in [5.41, 5.74) is 2.78. The quantitative estimate of drug-likeness (QED) is 0.810. The zero-order valence-corrected chi connectivity index (χ0v) is 14.2. The summed E-state index contributed by atoms with van der Waals surface area (Å²) in [5, 5.41) is 3.73. The van der Waals surface area contributed by atoms with Gasteiger partial charge in [-0.3, -0.25) is 0 Å². The van der Waals surface area contributed by atoms with E-state index in [1.54, 1.807) is 0 Å². The third-order valence-corrected chi connectivity index (χ3v) is 4.74. The molecule has 0 saturated carbocycles. The normalized spacial score (nSPS) is 24.4. The topological polar surface area (TPSA) is 15.3 Å². The molecule has 0 bridgehead atoms. The second kappa shape index (κ2) is 7.95. The summed E-state index contributed by atoms with van der Waals surface area (Å²) in [6.45, 7) is 12.7. The van der Waals surface area contributed by atoms with Gasteiger partial charge >= 0.3 is 0 Å². The molecule has 118 valence electrons. The van der Waals surface area contributed by atoms with Gasteiger partial charge in [0.2, 0.25) is 0 Å². The maximum atomic E-state index is 3.73. The molecule has 1 fully saturated rings. The van der Waals surface area contributed by atoms with Gasteiger partial charge in [0.05, 0.1) is 0 Å². The number of likely N-dealkylation sites (tertiary alicyclic amines) is 1. The van der Waals surface area contributed by atoms with Crippen molar-refractivity contribution < 1.29 is 0 Å². The van der Waals surface area contributed by atoms with Gasteiger partial charge in [0, 0.05) is 25.2 Å². The molecule has 21 heavy (non-hydrogen) atoms. The summed E-state index contributed by atoms with van der Waals surface area (Å²) >= 11 is 0. The van der Waals surface area contributed by atoms with Crippen LogP contribution in [0.5, 0.6) is 0 Å². The van der Waals surface area contributed by atoms with Crippen LogP contribution in [-0.2, 0) is 0 Å². The third kappa shape index (κ3) is 4.82. The molecule has 0 aromatic heterocycles. The van der Waals surface area contributed by atoms with Crippen molar-refractivity contribution in [2.24, 2.45) is 5.92 Å². The number of nitrogens with one attached hydrogen (secondary N) is 1. The molecule has 1 N–H and O–H groups in total. The smallest absolute Gasteiger partial charge is 0.0332 e. The lowest BCUT2D eigenvalue weighted by atomic mass is 10.0. The van der Waals surface area contributed by atoms with Crippen LogP contribution in [0.25, 0.3) is 0 Å². The van der Waals surface area contributed by atoms with Crippen molar-refractivity contribution in [3.8, 4) is 0 Å². The van der Waals surface area contributed by atoms with Crippen LogP contribution >= 0.6 is 0 Å². The Morgan fingerprint density at radius 2 is 1.95 bits per heavy atom. The van der Waals surface area contributed by atoms with Gasteiger partial charge in [-0.05, 0) is 51.1 Å². The van der Waals surface area contributed by atoms with Crippen LogP contribution < -0.4 is 5.32 Å². The first-order chi connectivity index (χ1) is 10.1. The largest absolute Gasteiger partial charge is 0.310 e. The maximum absolute atomic E-state index is 3.73. The predicted molar refractivity (Wildman–Crippen MR) is 91.6 cm³/mol. The van der Waals surface area contributed by atoms with Gasteiger partial charge in [-0.25, -0.2) is 0 Å². The number of rotatable bonds is 7. The molecule has 3 unspecified atom stereocenters. The molecule has 1 aromatic rings. The molecule has 2 heteroatoms. The predicted octanol–water partition coefficient (Wildman–Crippen LogP) is 4.16. The molecule has 1 heterocycles. The van der Waals surface area contributed by atoms with Crippen molar-refractivity contribution in [1.29, 1.82) is 0 Å². The zero-order chi connectivity index (χ0) is 15.2. The number of aryl methyl sites for hydroxylation is 1. The van der Waals surface area contributed by atoms with E-state index in [9.17, 15) is 0 Å². The van der Waals surface area contributed by atoms with Gasteiger partial charge < -0.3 is 10.2 Å². The van der Waals surface area contributed by atoms with Gasteiger partial charge in [0.1, 0.15) is 0 Å². The van der Waals surface area contributed by atoms with E-state index in [4.69, 9.17) is 0 Å². The van der Waals surface area contributed by atoms with Crippen molar-refractivity contribution in [3.05, 3.63) is 35.4 Å². The van der Waals surface area contributed by atoms with Crippen molar-refractivity contribution in [1.82, 2.24) is 10.2 Å². The van der Waals surface area contributed by atoms with Gasteiger partial charge in [-0.15, -0.1) is 0 Å². The summed E-state index contributed by atoms with van der Waals surface area (Å²) in [7, 11) is 0. The molecular weight excluding hydrogens is 256 g/mol. The highest BCUT2D eigenvalue weighted by Gasteiger charge is 2.26. The van der Waals surface area contributed by atoms with Crippen LogP contribution in [-0.4, -0.2) is 30.6 Å². The van der Waals surface area contributed by atoms with Gasteiger partial charge in [0.25, 0.3) is 0 Å². The van der Waals surface area contributed by atoms with Crippen LogP contribution in [0.2, 0.25) is 0 Å². The van der Waals surface area contributed by atoms with E-state index in [2.05, 4.69) is 62.2 Å². The standard InChI is InChI=1S/C19H32N2/c1-5-11-20-19(18-8-6-15(2)7-9-18)10-12-21-14-16(3)13-17(21)4/h6-9,16-17,19-20H,5,10-14H2,1-4H3. The zero-order valence-electron chi connectivity index (χ0n) is 14.2. The average Bonchev–Trinajstić information content (AvgIpc) is 2.78. The highest BCUT2D eigenvalue weighted by Crippen LogP contribution is 2.25. The van der Waals surface area contributed by atoms with E-state index < -0.39 is 0 Å². The van der Waals surface area contributed by atoms with Crippen molar-refractivity contribution >= 4 is 0 Å². The minimum Gasteiger partial charge on any atom is -0.310 e. The maximum Gasteiger partial charge on any atom is 0.0332 e. The molecule has 1 aliphatic heterocycles. The first-order valence-electron chi connectivity index (χ1n) is 8.64. The number of nitrogens with zero attached hydrogens (tertiary/aromatic N) is 1. The van der Waals surface area contributed by atoms with Crippen LogP contribution in [0.4, 0.5) is 0 Å². The molecular formula is C19H32N2. The van der Waals surface area contributed by atoms with Crippen LogP contribution in [0.3, 0.4) is 0 Å². The lowest BCUT2D eigenvalue weighted by molar-refractivity contribution is 0.248. The fourth-order valence-electron chi connectivity index (χ4n) is 3.50. The fourth-order valence-corrected chi connectivity index (χ4v) is 3.50.